The molecule has 7 heteroatoms. The summed E-state index contributed by atoms with van der Waals surface area (Å²) in [6, 6.07) is 9.90. The highest BCUT2D eigenvalue weighted by Gasteiger charge is 2.11. The molecule has 0 bridgehead atoms. The average molecular weight is 356 g/mol. The van der Waals surface area contributed by atoms with Crippen LogP contribution in [-0.2, 0) is 20.9 Å². The molecular formula is C19H24N4O3. The van der Waals surface area contributed by atoms with Crippen molar-refractivity contribution in [1.82, 2.24) is 20.3 Å². The molecule has 2 aromatic rings. The molecule has 1 N–H and O–H groups in total. The van der Waals surface area contributed by atoms with Gasteiger partial charge in [0, 0.05) is 12.1 Å². The maximum atomic E-state index is 11.7. The van der Waals surface area contributed by atoms with E-state index >= 15 is 0 Å². The molecule has 7 nitrogen and oxygen atoms in total. The summed E-state index contributed by atoms with van der Waals surface area (Å²) in [4.78, 5) is 23.4. The van der Waals surface area contributed by atoms with Gasteiger partial charge in [0.15, 0.2) is 6.61 Å². The summed E-state index contributed by atoms with van der Waals surface area (Å²) in [6.07, 6.45) is 4.47. The van der Waals surface area contributed by atoms with Gasteiger partial charge in [0.2, 0.25) is 0 Å². The van der Waals surface area contributed by atoms with Crippen molar-refractivity contribution >= 4 is 18.0 Å². The molecule has 0 radical (unpaired) electrons. The number of rotatable bonds is 8. The highest BCUT2D eigenvalue weighted by atomic mass is 16.5. The fraction of sp³-hybridized carbons (Fsp3) is 0.368. The van der Waals surface area contributed by atoms with Crippen molar-refractivity contribution in [3.63, 3.8) is 0 Å². The van der Waals surface area contributed by atoms with E-state index in [1.54, 1.807) is 10.9 Å². The van der Waals surface area contributed by atoms with Crippen molar-refractivity contribution in [3.05, 3.63) is 53.9 Å². The first-order valence-electron chi connectivity index (χ1n) is 8.52. The predicted octanol–water partition coefficient (Wildman–Crippen LogP) is 2.04. The standard InChI is InChI=1S/C19H24N4O3/c1-14(2)15(3)20-18(24)13-26-19(25)10-9-17-12-23(22-21-17)11-16-7-5-4-6-8-16/h4-10,12,14-15H,11,13H2,1-3H3,(H,20,24)/b10-9+/t15-/m0/s1. The van der Waals surface area contributed by atoms with Crippen LogP contribution in [0, 0.1) is 5.92 Å². The molecule has 1 amide bonds. The van der Waals surface area contributed by atoms with Gasteiger partial charge in [0.25, 0.3) is 5.91 Å². The third-order valence-corrected chi connectivity index (χ3v) is 3.87. The number of nitrogens with zero attached hydrogens (tertiary/aromatic N) is 3. The molecular weight excluding hydrogens is 332 g/mol. The Morgan fingerprint density at radius 3 is 2.65 bits per heavy atom. The van der Waals surface area contributed by atoms with Crippen molar-refractivity contribution in [1.29, 1.82) is 0 Å². The Morgan fingerprint density at radius 1 is 1.23 bits per heavy atom. The second-order valence-electron chi connectivity index (χ2n) is 6.37. The summed E-state index contributed by atoms with van der Waals surface area (Å²) in [7, 11) is 0. The lowest BCUT2D eigenvalue weighted by Gasteiger charge is -2.16. The lowest BCUT2D eigenvalue weighted by atomic mass is 10.1. The van der Waals surface area contributed by atoms with Crippen LogP contribution < -0.4 is 5.32 Å². The fourth-order valence-electron chi connectivity index (χ4n) is 2.04. The number of benzene rings is 1. The van der Waals surface area contributed by atoms with Crippen molar-refractivity contribution in [3.8, 4) is 0 Å². The molecule has 2 rings (SSSR count). The van der Waals surface area contributed by atoms with Gasteiger partial charge in [-0.15, -0.1) is 5.10 Å². The smallest absolute Gasteiger partial charge is 0.331 e. The highest BCUT2D eigenvalue weighted by molar-refractivity contribution is 5.89. The molecule has 0 aliphatic heterocycles. The zero-order valence-electron chi connectivity index (χ0n) is 15.3. The Hall–Kier alpha value is -2.96. The van der Waals surface area contributed by atoms with Crippen LogP contribution in [0.15, 0.2) is 42.6 Å². The normalized spacial score (nSPS) is 12.3. The highest BCUT2D eigenvalue weighted by Crippen LogP contribution is 2.03. The summed E-state index contributed by atoms with van der Waals surface area (Å²) in [6.45, 7) is 6.21. The van der Waals surface area contributed by atoms with Gasteiger partial charge in [-0.1, -0.05) is 49.4 Å². The molecule has 1 atom stereocenters. The van der Waals surface area contributed by atoms with Crippen LogP contribution in [0.3, 0.4) is 0 Å². The third-order valence-electron chi connectivity index (χ3n) is 3.87. The minimum absolute atomic E-state index is 0.0244. The maximum Gasteiger partial charge on any atom is 0.331 e. The molecule has 0 aliphatic rings. The zero-order valence-corrected chi connectivity index (χ0v) is 15.3. The Morgan fingerprint density at radius 2 is 1.96 bits per heavy atom. The van der Waals surface area contributed by atoms with Gasteiger partial charge in [0.05, 0.1) is 12.7 Å². The van der Waals surface area contributed by atoms with Gasteiger partial charge in [-0.3, -0.25) is 4.79 Å². The minimum Gasteiger partial charge on any atom is -0.452 e. The van der Waals surface area contributed by atoms with Gasteiger partial charge in [-0.05, 0) is 24.5 Å². The average Bonchev–Trinajstić information content (AvgIpc) is 3.06. The first-order valence-corrected chi connectivity index (χ1v) is 8.52. The number of aromatic nitrogens is 3. The SMILES string of the molecule is CC(C)[C@H](C)NC(=O)COC(=O)/C=C/c1cn(Cc2ccccc2)nn1. The summed E-state index contributed by atoms with van der Waals surface area (Å²) in [5.74, 6) is -0.607. The Kier molecular flexibility index (Phi) is 7.08. The number of ether oxygens (including phenoxy) is 1. The van der Waals surface area contributed by atoms with Gasteiger partial charge in [-0.25, -0.2) is 9.48 Å². The molecule has 138 valence electrons. The topological polar surface area (TPSA) is 86.1 Å². The summed E-state index contributed by atoms with van der Waals surface area (Å²) < 4.78 is 6.60. The Balaban J connectivity index is 1.78. The predicted molar refractivity (Wildman–Crippen MR) is 98.0 cm³/mol. The van der Waals surface area contributed by atoms with Gasteiger partial charge in [-0.2, -0.15) is 0 Å². The van der Waals surface area contributed by atoms with Crippen LogP contribution in [0.2, 0.25) is 0 Å². The summed E-state index contributed by atoms with van der Waals surface area (Å²) in [5.41, 5.74) is 1.64. The molecule has 0 saturated heterocycles. The fourth-order valence-corrected chi connectivity index (χ4v) is 2.04. The van der Waals surface area contributed by atoms with Crippen LogP contribution in [0.4, 0.5) is 0 Å². The van der Waals surface area contributed by atoms with E-state index in [-0.39, 0.29) is 18.6 Å². The van der Waals surface area contributed by atoms with Gasteiger partial charge in [0.1, 0.15) is 5.69 Å². The Labute approximate surface area is 153 Å². The number of esters is 1. The van der Waals surface area contributed by atoms with E-state index in [0.29, 0.717) is 18.2 Å². The molecule has 1 heterocycles. The minimum atomic E-state index is -0.602. The van der Waals surface area contributed by atoms with E-state index < -0.39 is 5.97 Å². The second kappa shape index (κ2) is 9.50. The van der Waals surface area contributed by atoms with Gasteiger partial charge >= 0.3 is 5.97 Å². The second-order valence-corrected chi connectivity index (χ2v) is 6.37. The van der Waals surface area contributed by atoms with Crippen molar-refractivity contribution in [2.75, 3.05) is 6.61 Å². The van der Waals surface area contributed by atoms with E-state index in [2.05, 4.69) is 15.6 Å². The Bertz CT molecular complexity index is 753. The molecule has 26 heavy (non-hydrogen) atoms. The lowest BCUT2D eigenvalue weighted by Crippen LogP contribution is -2.38. The quantitative estimate of drug-likeness (QED) is 0.578. The number of hydrogen-bond donors (Lipinski definition) is 1. The van der Waals surface area contributed by atoms with E-state index in [1.165, 1.54) is 12.2 Å². The maximum absolute atomic E-state index is 11.7. The van der Waals surface area contributed by atoms with E-state index in [0.717, 1.165) is 5.56 Å². The van der Waals surface area contributed by atoms with E-state index in [1.807, 2.05) is 51.1 Å². The third kappa shape index (κ3) is 6.51. The van der Waals surface area contributed by atoms with Crippen LogP contribution in [0.25, 0.3) is 6.08 Å². The van der Waals surface area contributed by atoms with Crippen LogP contribution in [-0.4, -0.2) is 39.5 Å². The first-order chi connectivity index (χ1) is 12.4. The van der Waals surface area contributed by atoms with Crippen molar-refractivity contribution in [2.24, 2.45) is 5.92 Å². The van der Waals surface area contributed by atoms with Gasteiger partial charge < -0.3 is 10.1 Å². The largest absolute Gasteiger partial charge is 0.452 e. The molecule has 1 aromatic carbocycles. The van der Waals surface area contributed by atoms with Crippen LogP contribution in [0.1, 0.15) is 32.0 Å². The lowest BCUT2D eigenvalue weighted by molar-refractivity contribution is -0.144. The van der Waals surface area contributed by atoms with Crippen LogP contribution in [0.5, 0.6) is 0 Å². The molecule has 0 saturated carbocycles. The number of carbonyl (C=O) groups excluding carboxylic acids is 2. The summed E-state index contributed by atoms with van der Waals surface area (Å²) in [5, 5.41) is 10.8. The molecule has 0 aliphatic carbocycles. The molecule has 0 unspecified atom stereocenters. The molecule has 0 fully saturated rings. The van der Waals surface area contributed by atoms with Crippen molar-refractivity contribution < 1.29 is 14.3 Å². The summed E-state index contributed by atoms with van der Waals surface area (Å²) >= 11 is 0. The monoisotopic (exact) mass is 356 g/mol. The molecule has 1 aromatic heterocycles. The number of amides is 1. The van der Waals surface area contributed by atoms with Crippen LogP contribution >= 0.6 is 0 Å². The number of nitrogens with one attached hydrogen (secondary N) is 1. The van der Waals surface area contributed by atoms with E-state index in [4.69, 9.17) is 4.74 Å². The van der Waals surface area contributed by atoms with Crippen molar-refractivity contribution in [2.45, 2.75) is 33.4 Å². The van der Waals surface area contributed by atoms with E-state index in [9.17, 15) is 9.59 Å². The zero-order chi connectivity index (χ0) is 18.9. The molecule has 0 spiro atoms. The number of carbonyl (C=O) groups is 2. The first kappa shape index (κ1) is 19.4. The number of hydrogen-bond acceptors (Lipinski definition) is 5.